The molecule has 4 nitrogen and oxygen atoms in total. The molecule has 1 atom stereocenters. The van der Waals surface area contributed by atoms with Gasteiger partial charge in [0.2, 0.25) is 0 Å². The van der Waals surface area contributed by atoms with Gasteiger partial charge >= 0.3 is 5.97 Å². The fraction of sp³-hybridized carbons (Fsp3) is 0.750. The van der Waals surface area contributed by atoms with Gasteiger partial charge in [-0.05, 0) is 12.8 Å². The number of ketones is 1. The summed E-state index contributed by atoms with van der Waals surface area (Å²) in [5, 5.41) is 16.4. The van der Waals surface area contributed by atoms with Crippen molar-refractivity contribution in [2.24, 2.45) is 0 Å². The molecule has 1 unspecified atom stereocenters. The molecule has 1 fully saturated rings. The van der Waals surface area contributed by atoms with Crippen molar-refractivity contribution in [1.82, 2.24) is 0 Å². The van der Waals surface area contributed by atoms with Crippen molar-refractivity contribution in [3.63, 3.8) is 0 Å². The minimum absolute atomic E-state index is 0.0139. The number of carbonyl (C=O) groups excluding carboxylic acids is 1. The van der Waals surface area contributed by atoms with Crippen LogP contribution in [0.15, 0.2) is 0 Å². The Morgan fingerprint density at radius 1 is 1.67 bits per heavy atom. The molecule has 0 aromatic heterocycles. The quantitative estimate of drug-likeness (QED) is 0.609. The fourth-order valence-corrected chi connectivity index (χ4v) is 0.797. The molecule has 1 aliphatic rings. The van der Waals surface area contributed by atoms with E-state index in [-0.39, 0.29) is 12.2 Å². The summed E-state index contributed by atoms with van der Waals surface area (Å²) in [7, 11) is 0. The third-order valence-corrected chi connectivity index (χ3v) is 1.57. The van der Waals surface area contributed by atoms with E-state index >= 15 is 0 Å². The average molecular weight is 174 g/mol. The van der Waals surface area contributed by atoms with Gasteiger partial charge in [-0.2, -0.15) is 0 Å². The third kappa shape index (κ3) is 4.85. The molecule has 70 valence electrons. The Morgan fingerprint density at radius 2 is 2.17 bits per heavy atom. The van der Waals surface area contributed by atoms with Crippen molar-refractivity contribution in [3.05, 3.63) is 0 Å². The van der Waals surface area contributed by atoms with Crippen LogP contribution in [0.2, 0.25) is 0 Å². The highest BCUT2D eigenvalue weighted by Crippen LogP contribution is 2.12. The third-order valence-electron chi connectivity index (χ3n) is 1.57. The summed E-state index contributed by atoms with van der Waals surface area (Å²) in [5.41, 5.74) is 0. The molecule has 1 aliphatic carbocycles. The molecule has 0 amide bonds. The fourth-order valence-electron chi connectivity index (χ4n) is 0.797. The highest BCUT2D eigenvalue weighted by atomic mass is 16.4. The normalized spacial score (nSPS) is 21.5. The van der Waals surface area contributed by atoms with Gasteiger partial charge in [0, 0.05) is 12.8 Å². The number of hydrogen-bond acceptors (Lipinski definition) is 3. The van der Waals surface area contributed by atoms with E-state index < -0.39 is 12.1 Å². The van der Waals surface area contributed by atoms with Crippen molar-refractivity contribution in [2.75, 3.05) is 0 Å². The van der Waals surface area contributed by atoms with Crippen molar-refractivity contribution < 1.29 is 19.8 Å². The first-order valence-electron chi connectivity index (χ1n) is 4.00. The van der Waals surface area contributed by atoms with Gasteiger partial charge in [0.1, 0.15) is 6.10 Å². The average Bonchev–Trinajstić information content (AvgIpc) is 2.37. The maximum atomic E-state index is 10.3. The molecule has 0 aromatic rings. The van der Waals surface area contributed by atoms with E-state index in [9.17, 15) is 9.59 Å². The molecule has 0 aliphatic heterocycles. The molecule has 4 heteroatoms. The predicted molar refractivity (Wildman–Crippen MR) is 42.8 cm³/mol. The smallest absolute Gasteiger partial charge is 0.303 e. The summed E-state index contributed by atoms with van der Waals surface area (Å²) >= 11 is 0. The van der Waals surface area contributed by atoms with Crippen molar-refractivity contribution >= 4 is 11.8 Å². The standard InChI is InChI=1S/C5H8O2.C3H6O2/c6-4-2-1-3-5(4)7;1-2-3(4)5/h4,6H,1-3H2;2H2,1H3,(H,4,5). The van der Waals surface area contributed by atoms with Crippen LogP contribution < -0.4 is 0 Å². The second kappa shape index (κ2) is 5.71. The molecule has 0 heterocycles. The second-order valence-corrected chi connectivity index (χ2v) is 2.62. The van der Waals surface area contributed by atoms with Gasteiger partial charge in [-0.1, -0.05) is 6.92 Å². The predicted octanol–water partition coefficient (Wildman–Crippen LogP) is 0.581. The maximum absolute atomic E-state index is 10.3. The maximum Gasteiger partial charge on any atom is 0.303 e. The summed E-state index contributed by atoms with van der Waals surface area (Å²) in [6.07, 6.45) is 1.74. The zero-order valence-corrected chi connectivity index (χ0v) is 7.12. The molecule has 0 radical (unpaired) electrons. The number of Topliss-reactive ketones (excluding diaryl/α,β-unsaturated/α-hetero) is 1. The number of aliphatic hydroxyl groups is 1. The molecular formula is C8H14O4. The van der Waals surface area contributed by atoms with E-state index in [1.54, 1.807) is 6.92 Å². The zero-order valence-electron chi connectivity index (χ0n) is 7.12. The van der Waals surface area contributed by atoms with E-state index in [0.717, 1.165) is 6.42 Å². The van der Waals surface area contributed by atoms with Crippen LogP contribution in [-0.2, 0) is 9.59 Å². The van der Waals surface area contributed by atoms with Crippen LogP contribution in [0, 0.1) is 0 Å². The van der Waals surface area contributed by atoms with E-state index in [4.69, 9.17) is 10.2 Å². The van der Waals surface area contributed by atoms with Crippen molar-refractivity contribution in [3.8, 4) is 0 Å². The van der Waals surface area contributed by atoms with Crippen LogP contribution in [0.4, 0.5) is 0 Å². The van der Waals surface area contributed by atoms with Crippen LogP contribution in [0.5, 0.6) is 0 Å². The Labute approximate surface area is 71.2 Å². The Hall–Kier alpha value is -0.900. The van der Waals surface area contributed by atoms with Crippen LogP contribution in [0.25, 0.3) is 0 Å². The summed E-state index contributed by atoms with van der Waals surface area (Å²) in [5.74, 6) is -0.731. The number of aliphatic carboxylic acids is 1. The lowest BCUT2D eigenvalue weighted by molar-refractivity contribution is -0.136. The Kier molecular flexibility index (Phi) is 5.28. The zero-order chi connectivity index (χ0) is 9.56. The summed E-state index contributed by atoms with van der Waals surface area (Å²) in [6.45, 7) is 1.60. The summed E-state index contributed by atoms with van der Waals surface area (Å²) < 4.78 is 0. The first-order chi connectivity index (χ1) is 5.57. The van der Waals surface area contributed by atoms with Crippen LogP contribution in [-0.4, -0.2) is 28.1 Å². The molecule has 12 heavy (non-hydrogen) atoms. The Morgan fingerprint density at radius 3 is 2.25 bits per heavy atom. The second-order valence-electron chi connectivity index (χ2n) is 2.62. The molecule has 2 N–H and O–H groups in total. The van der Waals surface area contributed by atoms with Gasteiger partial charge in [0.15, 0.2) is 5.78 Å². The summed E-state index contributed by atoms with van der Waals surface area (Å²) in [4.78, 5) is 19.7. The minimum atomic E-state index is -0.745. The molecule has 0 spiro atoms. The van der Waals surface area contributed by atoms with Gasteiger partial charge < -0.3 is 10.2 Å². The Bertz CT molecular complexity index is 164. The number of carboxylic acid groups (broad SMARTS) is 1. The number of carbonyl (C=O) groups is 2. The molecule has 0 aromatic carbocycles. The monoisotopic (exact) mass is 174 g/mol. The SMILES string of the molecule is CCC(=O)O.O=C1CCCC1O. The summed E-state index contributed by atoms with van der Waals surface area (Å²) in [6, 6.07) is 0. The molecular weight excluding hydrogens is 160 g/mol. The largest absolute Gasteiger partial charge is 0.481 e. The molecule has 1 rings (SSSR count). The molecule has 0 saturated heterocycles. The molecule has 1 saturated carbocycles. The van der Waals surface area contributed by atoms with Crippen LogP contribution in [0.3, 0.4) is 0 Å². The first-order valence-corrected chi connectivity index (χ1v) is 4.00. The van der Waals surface area contributed by atoms with E-state index in [2.05, 4.69) is 0 Å². The topological polar surface area (TPSA) is 74.6 Å². The van der Waals surface area contributed by atoms with Gasteiger partial charge in [0.25, 0.3) is 0 Å². The van der Waals surface area contributed by atoms with E-state index in [1.165, 1.54) is 0 Å². The highest BCUT2D eigenvalue weighted by molar-refractivity contribution is 5.84. The number of aliphatic hydroxyl groups excluding tert-OH is 1. The minimum Gasteiger partial charge on any atom is -0.481 e. The van der Waals surface area contributed by atoms with Crippen molar-refractivity contribution in [1.29, 1.82) is 0 Å². The Balaban J connectivity index is 0.000000217. The van der Waals surface area contributed by atoms with E-state index in [0.29, 0.717) is 12.8 Å². The lowest BCUT2D eigenvalue weighted by Gasteiger charge is -1.90. The first kappa shape index (κ1) is 11.1. The van der Waals surface area contributed by atoms with Gasteiger partial charge in [-0.15, -0.1) is 0 Å². The van der Waals surface area contributed by atoms with Gasteiger partial charge in [0.05, 0.1) is 0 Å². The number of rotatable bonds is 1. The lowest BCUT2D eigenvalue weighted by atomic mass is 10.3. The molecule has 0 bridgehead atoms. The van der Waals surface area contributed by atoms with Crippen LogP contribution in [0.1, 0.15) is 32.6 Å². The highest BCUT2D eigenvalue weighted by Gasteiger charge is 2.20. The van der Waals surface area contributed by atoms with Crippen LogP contribution >= 0.6 is 0 Å². The number of hydrogen-bond donors (Lipinski definition) is 2. The van der Waals surface area contributed by atoms with Crippen molar-refractivity contribution in [2.45, 2.75) is 38.7 Å². The van der Waals surface area contributed by atoms with Gasteiger partial charge in [-0.3, -0.25) is 9.59 Å². The lowest BCUT2D eigenvalue weighted by Crippen LogP contribution is -2.10. The number of carboxylic acids is 1. The van der Waals surface area contributed by atoms with Gasteiger partial charge in [-0.25, -0.2) is 0 Å². The van der Waals surface area contributed by atoms with E-state index in [1.807, 2.05) is 0 Å².